The summed E-state index contributed by atoms with van der Waals surface area (Å²) in [6.45, 7) is 1.87. The minimum Gasteiger partial charge on any atom is -0.349 e. The number of hydrogen-bond donors (Lipinski definition) is 2. The van der Waals surface area contributed by atoms with Crippen LogP contribution in [-0.2, 0) is 20.0 Å². The molecule has 3 aromatic rings. The Balaban J connectivity index is 1.30. The standard InChI is InChI=1S/C24H28N4O/c1-28-22-8-3-2-7-21(22)27-23(28)17-5-4-6-20(14-17)26-24(29)18-10-9-16-11-12-25-15-19(16)13-18/h2-3,7-10,13,17,20,25H,4-6,11-12,14-15H2,1H3,(H,26,29)/t17-,20+/m0/s1. The molecule has 2 aliphatic rings. The lowest BCUT2D eigenvalue weighted by molar-refractivity contribution is 0.0924. The van der Waals surface area contributed by atoms with Gasteiger partial charge in [-0.2, -0.15) is 0 Å². The largest absolute Gasteiger partial charge is 0.349 e. The van der Waals surface area contributed by atoms with Crippen LogP contribution >= 0.6 is 0 Å². The monoisotopic (exact) mass is 388 g/mol. The van der Waals surface area contributed by atoms with Crippen molar-refractivity contribution >= 4 is 16.9 Å². The van der Waals surface area contributed by atoms with Gasteiger partial charge in [-0.05, 0) is 67.6 Å². The number of para-hydroxylation sites is 2. The summed E-state index contributed by atoms with van der Waals surface area (Å²) < 4.78 is 2.22. The van der Waals surface area contributed by atoms with Gasteiger partial charge < -0.3 is 15.2 Å². The van der Waals surface area contributed by atoms with Gasteiger partial charge in [-0.25, -0.2) is 4.98 Å². The maximum absolute atomic E-state index is 12.9. The summed E-state index contributed by atoms with van der Waals surface area (Å²) in [7, 11) is 2.11. The van der Waals surface area contributed by atoms with Gasteiger partial charge in [-0.1, -0.05) is 24.6 Å². The van der Waals surface area contributed by atoms with Crippen LogP contribution in [-0.4, -0.2) is 28.0 Å². The lowest BCUT2D eigenvalue weighted by atomic mass is 9.85. The predicted octanol–water partition coefficient (Wildman–Crippen LogP) is 3.68. The number of hydrogen-bond acceptors (Lipinski definition) is 3. The van der Waals surface area contributed by atoms with Gasteiger partial charge in [0.15, 0.2) is 0 Å². The highest BCUT2D eigenvalue weighted by Crippen LogP contribution is 2.34. The fourth-order valence-corrected chi connectivity index (χ4v) is 4.98. The van der Waals surface area contributed by atoms with Crippen molar-refractivity contribution in [1.29, 1.82) is 0 Å². The maximum Gasteiger partial charge on any atom is 0.251 e. The molecular formula is C24H28N4O. The molecule has 0 saturated heterocycles. The molecule has 1 aromatic heterocycles. The number of aryl methyl sites for hydroxylation is 1. The van der Waals surface area contributed by atoms with E-state index in [9.17, 15) is 4.79 Å². The van der Waals surface area contributed by atoms with E-state index in [-0.39, 0.29) is 11.9 Å². The molecule has 0 bridgehead atoms. The first-order valence-corrected chi connectivity index (χ1v) is 10.7. The van der Waals surface area contributed by atoms with E-state index in [4.69, 9.17) is 4.98 Å². The van der Waals surface area contributed by atoms with Crippen molar-refractivity contribution in [2.45, 2.75) is 50.6 Å². The first-order chi connectivity index (χ1) is 14.2. The summed E-state index contributed by atoms with van der Waals surface area (Å²) in [5.41, 5.74) is 5.62. The van der Waals surface area contributed by atoms with Crippen molar-refractivity contribution in [3.63, 3.8) is 0 Å². The predicted molar refractivity (Wildman–Crippen MR) is 115 cm³/mol. The van der Waals surface area contributed by atoms with Crippen LogP contribution in [0.25, 0.3) is 11.0 Å². The highest BCUT2D eigenvalue weighted by Gasteiger charge is 2.28. The molecule has 2 heterocycles. The van der Waals surface area contributed by atoms with Crippen LogP contribution in [0.1, 0.15) is 58.9 Å². The Morgan fingerprint density at radius 1 is 1.17 bits per heavy atom. The average molecular weight is 389 g/mol. The molecular weight excluding hydrogens is 360 g/mol. The summed E-state index contributed by atoms with van der Waals surface area (Å²) >= 11 is 0. The second-order valence-electron chi connectivity index (χ2n) is 8.46. The number of fused-ring (bicyclic) bond motifs is 2. The summed E-state index contributed by atoms with van der Waals surface area (Å²) in [6.07, 6.45) is 5.29. The number of benzene rings is 2. The van der Waals surface area contributed by atoms with E-state index in [1.165, 1.54) is 16.6 Å². The van der Waals surface area contributed by atoms with E-state index in [2.05, 4.69) is 52.6 Å². The number of nitrogens with zero attached hydrogens (tertiary/aromatic N) is 2. The van der Waals surface area contributed by atoms with Crippen LogP contribution in [0.3, 0.4) is 0 Å². The minimum atomic E-state index is 0.0500. The van der Waals surface area contributed by atoms with E-state index < -0.39 is 0 Å². The van der Waals surface area contributed by atoms with Gasteiger partial charge >= 0.3 is 0 Å². The Bertz CT molecular complexity index is 1050. The molecule has 150 valence electrons. The number of nitrogens with one attached hydrogen (secondary N) is 2. The van der Waals surface area contributed by atoms with Gasteiger partial charge in [0.1, 0.15) is 5.82 Å². The lowest BCUT2D eigenvalue weighted by Crippen LogP contribution is -2.38. The number of carbonyl (C=O) groups is 1. The second-order valence-corrected chi connectivity index (χ2v) is 8.46. The Hall–Kier alpha value is -2.66. The summed E-state index contributed by atoms with van der Waals surface area (Å²) in [5, 5.41) is 6.69. The van der Waals surface area contributed by atoms with Crippen molar-refractivity contribution in [1.82, 2.24) is 20.2 Å². The van der Waals surface area contributed by atoms with Crippen molar-refractivity contribution in [3.05, 3.63) is 65.0 Å². The van der Waals surface area contributed by atoms with Crippen LogP contribution in [0.15, 0.2) is 42.5 Å². The number of imidazole rings is 1. The minimum absolute atomic E-state index is 0.0500. The third kappa shape index (κ3) is 3.55. The summed E-state index contributed by atoms with van der Waals surface area (Å²) in [5.74, 6) is 1.58. The number of amides is 1. The van der Waals surface area contributed by atoms with E-state index in [0.29, 0.717) is 5.92 Å². The topological polar surface area (TPSA) is 59.0 Å². The van der Waals surface area contributed by atoms with Gasteiger partial charge in [0, 0.05) is 31.1 Å². The normalized spacial score (nSPS) is 21.7. The molecule has 1 aliphatic carbocycles. The highest BCUT2D eigenvalue weighted by molar-refractivity contribution is 5.94. The van der Waals surface area contributed by atoms with Gasteiger partial charge in [0.2, 0.25) is 0 Å². The molecule has 0 spiro atoms. The molecule has 5 nitrogen and oxygen atoms in total. The fraction of sp³-hybridized carbons (Fsp3) is 0.417. The number of carbonyl (C=O) groups excluding carboxylic acids is 1. The van der Waals surface area contributed by atoms with Gasteiger partial charge in [-0.15, -0.1) is 0 Å². The number of rotatable bonds is 3. The first kappa shape index (κ1) is 18.4. The van der Waals surface area contributed by atoms with Crippen molar-refractivity contribution in [2.24, 2.45) is 7.05 Å². The Morgan fingerprint density at radius 3 is 2.97 bits per heavy atom. The Labute approximate surface area is 171 Å². The third-order valence-electron chi connectivity index (χ3n) is 6.55. The SMILES string of the molecule is Cn1c([C@H]2CCC[C@@H](NC(=O)c3ccc4c(c3)CNCC4)C2)nc2ccccc21. The smallest absolute Gasteiger partial charge is 0.251 e. The number of aromatic nitrogens is 2. The van der Waals surface area contributed by atoms with E-state index in [1.54, 1.807) is 0 Å². The highest BCUT2D eigenvalue weighted by atomic mass is 16.1. The van der Waals surface area contributed by atoms with Gasteiger partial charge in [-0.3, -0.25) is 4.79 Å². The molecule has 1 saturated carbocycles. The molecule has 2 atom stereocenters. The van der Waals surface area contributed by atoms with Crippen LogP contribution < -0.4 is 10.6 Å². The molecule has 2 N–H and O–H groups in total. The Kier molecular flexibility index (Phi) is 4.84. The van der Waals surface area contributed by atoms with Crippen LogP contribution in [0.2, 0.25) is 0 Å². The summed E-state index contributed by atoms with van der Waals surface area (Å²) in [4.78, 5) is 17.8. The molecule has 0 radical (unpaired) electrons. The molecule has 1 fully saturated rings. The molecule has 29 heavy (non-hydrogen) atoms. The molecule has 2 aromatic carbocycles. The molecule has 1 aliphatic heterocycles. The Morgan fingerprint density at radius 2 is 2.07 bits per heavy atom. The van der Waals surface area contributed by atoms with Gasteiger partial charge in [0.25, 0.3) is 5.91 Å². The molecule has 0 unspecified atom stereocenters. The van der Waals surface area contributed by atoms with Crippen LogP contribution in [0.4, 0.5) is 0 Å². The van der Waals surface area contributed by atoms with Gasteiger partial charge in [0.05, 0.1) is 11.0 Å². The second kappa shape index (κ2) is 7.64. The zero-order valence-electron chi connectivity index (χ0n) is 16.9. The molecule has 5 heteroatoms. The molecule has 5 rings (SSSR count). The fourth-order valence-electron chi connectivity index (χ4n) is 4.98. The quantitative estimate of drug-likeness (QED) is 0.720. The lowest BCUT2D eigenvalue weighted by Gasteiger charge is -2.29. The van der Waals surface area contributed by atoms with Crippen molar-refractivity contribution < 1.29 is 4.79 Å². The zero-order valence-corrected chi connectivity index (χ0v) is 16.9. The van der Waals surface area contributed by atoms with Crippen LogP contribution in [0, 0.1) is 0 Å². The van der Waals surface area contributed by atoms with E-state index in [1.807, 2.05) is 12.1 Å². The van der Waals surface area contributed by atoms with Crippen molar-refractivity contribution in [2.75, 3.05) is 6.54 Å². The van der Waals surface area contributed by atoms with Crippen molar-refractivity contribution in [3.8, 4) is 0 Å². The maximum atomic E-state index is 12.9. The molecule has 1 amide bonds. The van der Waals surface area contributed by atoms with Crippen LogP contribution in [0.5, 0.6) is 0 Å². The first-order valence-electron chi connectivity index (χ1n) is 10.7. The third-order valence-corrected chi connectivity index (χ3v) is 6.55. The average Bonchev–Trinajstić information content (AvgIpc) is 3.10. The van der Waals surface area contributed by atoms with E-state index >= 15 is 0 Å². The zero-order chi connectivity index (χ0) is 19.8. The summed E-state index contributed by atoms with van der Waals surface area (Å²) in [6, 6.07) is 14.7. The van der Waals surface area contributed by atoms with E-state index in [0.717, 1.165) is 62.1 Å².